The molecule has 8 heteroatoms. The predicted molar refractivity (Wildman–Crippen MR) is 131 cm³/mol. The zero-order chi connectivity index (χ0) is 23.6. The van der Waals surface area contributed by atoms with E-state index >= 15 is 0 Å². The zero-order valence-corrected chi connectivity index (χ0v) is 20.5. The Bertz CT molecular complexity index is 1030. The molecule has 176 valence electrons. The highest BCUT2D eigenvalue weighted by molar-refractivity contribution is 7.98. The van der Waals surface area contributed by atoms with Gasteiger partial charge in [0.05, 0.1) is 22.3 Å². The molecule has 33 heavy (non-hydrogen) atoms. The highest BCUT2D eigenvalue weighted by atomic mass is 35.5. The summed E-state index contributed by atoms with van der Waals surface area (Å²) in [4.78, 5) is 30.1. The molecule has 1 atom stereocenters. The van der Waals surface area contributed by atoms with Crippen LogP contribution in [-0.4, -0.2) is 58.4 Å². The van der Waals surface area contributed by atoms with Gasteiger partial charge in [0.15, 0.2) is 0 Å². The number of carbonyl (C=O) groups excluding carboxylic acids is 2. The summed E-state index contributed by atoms with van der Waals surface area (Å²) in [6, 6.07) is 12.9. The number of hydrogen-bond donors (Lipinski definition) is 1. The third-order valence-electron chi connectivity index (χ3n) is 6.69. The Morgan fingerprint density at radius 2 is 1.91 bits per heavy atom. The summed E-state index contributed by atoms with van der Waals surface area (Å²) in [5.74, 6) is 0.0492. The van der Waals surface area contributed by atoms with E-state index in [1.54, 1.807) is 35.7 Å². The highest BCUT2D eigenvalue weighted by Crippen LogP contribution is 2.36. The van der Waals surface area contributed by atoms with Crippen molar-refractivity contribution in [1.82, 2.24) is 15.1 Å². The van der Waals surface area contributed by atoms with Gasteiger partial charge < -0.3 is 9.80 Å². The van der Waals surface area contributed by atoms with Crippen molar-refractivity contribution in [2.45, 2.75) is 44.4 Å². The van der Waals surface area contributed by atoms with Gasteiger partial charge >= 0.3 is 0 Å². The summed E-state index contributed by atoms with van der Waals surface area (Å²) in [6.45, 7) is 2.99. The standard InChI is InChI=1S/C25H29ClFN3O2S/c1-17-8-9-19(26)21(22(17)27)24(32)29-13-11-25(12-14-29)28-20(10-15-33-2)23(31)30(25)16-18-6-4-3-5-7-18/h3-9,20,28H,10-16H2,1-2H3. The monoisotopic (exact) mass is 489 g/mol. The summed E-state index contributed by atoms with van der Waals surface area (Å²) >= 11 is 7.91. The summed E-state index contributed by atoms with van der Waals surface area (Å²) in [6.07, 6.45) is 3.96. The second-order valence-electron chi connectivity index (χ2n) is 8.77. The van der Waals surface area contributed by atoms with Crippen LogP contribution in [0.2, 0.25) is 5.02 Å². The molecule has 0 aromatic heterocycles. The summed E-state index contributed by atoms with van der Waals surface area (Å²) in [5, 5.41) is 3.74. The number of nitrogens with zero attached hydrogens (tertiary/aromatic N) is 2. The third-order valence-corrected chi connectivity index (χ3v) is 7.65. The average molecular weight is 490 g/mol. The Morgan fingerprint density at radius 3 is 2.58 bits per heavy atom. The van der Waals surface area contributed by atoms with Crippen molar-refractivity contribution in [3.63, 3.8) is 0 Å². The number of piperidine rings is 1. The predicted octanol–water partition coefficient (Wildman–Crippen LogP) is 4.47. The normalized spacial score (nSPS) is 20.0. The average Bonchev–Trinajstić information content (AvgIpc) is 3.07. The summed E-state index contributed by atoms with van der Waals surface area (Å²) < 4.78 is 14.7. The second-order valence-corrected chi connectivity index (χ2v) is 10.2. The maximum atomic E-state index is 14.7. The molecule has 5 nitrogen and oxygen atoms in total. The first kappa shape index (κ1) is 24.0. The molecule has 2 aliphatic heterocycles. The molecule has 4 rings (SSSR count). The van der Waals surface area contributed by atoms with E-state index in [1.807, 2.05) is 41.5 Å². The fourth-order valence-electron chi connectivity index (χ4n) is 4.79. The first-order chi connectivity index (χ1) is 15.9. The Labute approximate surface area is 203 Å². The van der Waals surface area contributed by atoms with Gasteiger partial charge in [-0.3, -0.25) is 14.9 Å². The Kier molecular flexibility index (Phi) is 7.31. The number of halogens is 2. The molecule has 2 amide bonds. The van der Waals surface area contributed by atoms with Crippen molar-refractivity contribution < 1.29 is 14.0 Å². The maximum absolute atomic E-state index is 14.7. The number of carbonyl (C=O) groups is 2. The lowest BCUT2D eigenvalue weighted by molar-refractivity contribution is -0.134. The molecular formula is C25H29ClFN3O2S. The lowest BCUT2D eigenvalue weighted by Crippen LogP contribution is -2.59. The first-order valence-corrected chi connectivity index (χ1v) is 13.0. The van der Waals surface area contributed by atoms with Crippen molar-refractivity contribution in [1.29, 1.82) is 0 Å². The molecule has 2 fully saturated rings. The fraction of sp³-hybridized carbons (Fsp3) is 0.440. The van der Waals surface area contributed by atoms with Gasteiger partial charge in [-0.15, -0.1) is 0 Å². The van der Waals surface area contributed by atoms with Crippen molar-refractivity contribution in [2.75, 3.05) is 25.1 Å². The molecule has 1 spiro atoms. The minimum atomic E-state index is -0.565. The van der Waals surface area contributed by atoms with Crippen LogP contribution in [0.3, 0.4) is 0 Å². The molecule has 2 aromatic carbocycles. The first-order valence-electron chi connectivity index (χ1n) is 11.2. The van der Waals surface area contributed by atoms with Gasteiger partial charge in [-0.05, 0) is 42.5 Å². The van der Waals surface area contributed by atoms with Crippen molar-refractivity contribution in [3.8, 4) is 0 Å². The number of likely N-dealkylation sites (tertiary alicyclic amines) is 1. The van der Waals surface area contributed by atoms with Gasteiger partial charge in [0.1, 0.15) is 5.82 Å². The summed E-state index contributed by atoms with van der Waals surface area (Å²) in [7, 11) is 0. The molecule has 1 unspecified atom stereocenters. The molecule has 0 saturated carbocycles. The molecule has 2 aliphatic rings. The van der Waals surface area contributed by atoms with E-state index in [9.17, 15) is 14.0 Å². The van der Waals surface area contributed by atoms with Crippen LogP contribution in [-0.2, 0) is 11.3 Å². The minimum absolute atomic E-state index is 0.0675. The molecular weight excluding hydrogens is 461 g/mol. The molecule has 0 bridgehead atoms. The number of hydrogen-bond acceptors (Lipinski definition) is 4. The van der Waals surface area contributed by atoms with E-state index in [0.717, 1.165) is 17.7 Å². The zero-order valence-electron chi connectivity index (χ0n) is 18.9. The third kappa shape index (κ3) is 4.77. The molecule has 2 heterocycles. The number of rotatable bonds is 6. The lowest BCUT2D eigenvalue weighted by Gasteiger charge is -2.44. The van der Waals surface area contributed by atoms with Crippen molar-refractivity contribution in [2.24, 2.45) is 0 Å². The van der Waals surface area contributed by atoms with Crippen LogP contribution in [0.1, 0.15) is 40.7 Å². The fourth-order valence-corrected chi connectivity index (χ4v) is 5.49. The number of amides is 2. The van der Waals surface area contributed by atoms with Crippen LogP contribution in [0.4, 0.5) is 4.39 Å². The van der Waals surface area contributed by atoms with Crippen LogP contribution in [0, 0.1) is 12.7 Å². The largest absolute Gasteiger partial charge is 0.338 e. The SMILES string of the molecule is CSCCC1NC2(CCN(C(=O)c3c(Cl)ccc(C)c3F)CC2)N(Cc2ccccc2)C1=O. The molecule has 2 saturated heterocycles. The topological polar surface area (TPSA) is 52.7 Å². The number of benzene rings is 2. The summed E-state index contributed by atoms with van der Waals surface area (Å²) in [5.41, 5.74) is 0.888. The van der Waals surface area contributed by atoms with Gasteiger partial charge in [-0.2, -0.15) is 11.8 Å². The van der Waals surface area contributed by atoms with E-state index in [1.165, 1.54) is 0 Å². The molecule has 0 aliphatic carbocycles. The molecule has 2 aromatic rings. The van der Waals surface area contributed by atoms with Crippen LogP contribution in [0.15, 0.2) is 42.5 Å². The minimum Gasteiger partial charge on any atom is -0.338 e. The van der Waals surface area contributed by atoms with E-state index in [4.69, 9.17) is 11.6 Å². The Morgan fingerprint density at radius 1 is 1.21 bits per heavy atom. The lowest BCUT2D eigenvalue weighted by atomic mass is 9.94. The number of thioether (sulfide) groups is 1. The molecule has 1 N–H and O–H groups in total. The van der Waals surface area contributed by atoms with E-state index in [2.05, 4.69) is 5.32 Å². The van der Waals surface area contributed by atoms with E-state index < -0.39 is 17.4 Å². The number of nitrogens with one attached hydrogen (secondary N) is 1. The number of aryl methyl sites for hydroxylation is 1. The van der Waals surface area contributed by atoms with Gasteiger partial charge in [0.25, 0.3) is 5.91 Å². The Balaban J connectivity index is 1.54. The highest BCUT2D eigenvalue weighted by Gasteiger charge is 2.51. The second kappa shape index (κ2) is 10.0. The van der Waals surface area contributed by atoms with Crippen LogP contribution < -0.4 is 5.32 Å². The smallest absolute Gasteiger partial charge is 0.258 e. The Hall–Kier alpha value is -2.09. The van der Waals surface area contributed by atoms with Crippen LogP contribution >= 0.6 is 23.4 Å². The van der Waals surface area contributed by atoms with Crippen molar-refractivity contribution >= 4 is 35.2 Å². The maximum Gasteiger partial charge on any atom is 0.258 e. The van der Waals surface area contributed by atoms with Crippen LogP contribution in [0.5, 0.6) is 0 Å². The van der Waals surface area contributed by atoms with Gasteiger partial charge in [0.2, 0.25) is 5.91 Å². The van der Waals surface area contributed by atoms with E-state index in [-0.39, 0.29) is 22.5 Å². The van der Waals surface area contributed by atoms with Crippen LogP contribution in [0.25, 0.3) is 0 Å². The van der Waals surface area contributed by atoms with Gasteiger partial charge in [-0.1, -0.05) is 48.0 Å². The van der Waals surface area contributed by atoms with Crippen molar-refractivity contribution in [3.05, 3.63) is 70.0 Å². The quantitative estimate of drug-likeness (QED) is 0.650. The van der Waals surface area contributed by atoms with Gasteiger partial charge in [0, 0.05) is 32.5 Å². The van der Waals surface area contributed by atoms with E-state index in [0.29, 0.717) is 38.0 Å². The molecule has 0 radical (unpaired) electrons. The van der Waals surface area contributed by atoms with Gasteiger partial charge in [-0.25, -0.2) is 4.39 Å².